The second kappa shape index (κ2) is 6.91. The van der Waals surface area contributed by atoms with Crippen LogP contribution in [0.3, 0.4) is 0 Å². The van der Waals surface area contributed by atoms with Crippen LogP contribution < -0.4 is 10.6 Å². The maximum absolute atomic E-state index is 11.7. The molecule has 2 amide bonds. The Balaban J connectivity index is 1.74. The summed E-state index contributed by atoms with van der Waals surface area (Å²) in [6, 6.07) is 7.26. The average molecular weight is 292 g/mol. The van der Waals surface area contributed by atoms with Gasteiger partial charge in [0.15, 0.2) is 0 Å². The molecule has 0 radical (unpaired) electrons. The number of amides is 2. The lowest BCUT2D eigenvalue weighted by atomic mass is 10.2. The number of rotatable bonds is 5. The average Bonchev–Trinajstić information content (AvgIpc) is 3.08. The van der Waals surface area contributed by atoms with Crippen molar-refractivity contribution >= 4 is 23.2 Å². The van der Waals surface area contributed by atoms with Crippen LogP contribution in [0.25, 0.3) is 0 Å². The largest absolute Gasteiger partial charge is 0.469 e. The van der Waals surface area contributed by atoms with E-state index in [1.807, 2.05) is 30.5 Å². The lowest BCUT2D eigenvalue weighted by molar-refractivity contribution is -0.139. The van der Waals surface area contributed by atoms with Gasteiger partial charge >= 0.3 is 11.8 Å². The Hall–Kier alpha value is -2.08. The highest BCUT2D eigenvalue weighted by Gasteiger charge is 2.16. The summed E-state index contributed by atoms with van der Waals surface area (Å²) in [4.78, 5) is 24.3. The van der Waals surface area contributed by atoms with Crippen molar-refractivity contribution in [1.29, 1.82) is 0 Å². The first-order chi connectivity index (χ1) is 9.65. The molecule has 0 aliphatic carbocycles. The number of hydrogen-bond acceptors (Lipinski definition) is 4. The van der Waals surface area contributed by atoms with Crippen LogP contribution in [0.5, 0.6) is 0 Å². The summed E-state index contributed by atoms with van der Waals surface area (Å²) >= 11 is 1.53. The molecule has 6 heteroatoms. The topological polar surface area (TPSA) is 71.3 Å². The van der Waals surface area contributed by atoms with Gasteiger partial charge in [0.25, 0.3) is 0 Å². The van der Waals surface area contributed by atoms with Gasteiger partial charge in [-0.1, -0.05) is 6.07 Å². The molecule has 2 rings (SSSR count). The molecule has 5 nitrogen and oxygen atoms in total. The van der Waals surface area contributed by atoms with E-state index in [1.54, 1.807) is 12.3 Å². The lowest BCUT2D eigenvalue weighted by Crippen LogP contribution is -2.44. The first-order valence-corrected chi connectivity index (χ1v) is 7.16. The van der Waals surface area contributed by atoms with E-state index in [9.17, 15) is 9.59 Å². The van der Waals surface area contributed by atoms with Crippen molar-refractivity contribution in [2.45, 2.75) is 25.9 Å². The van der Waals surface area contributed by atoms with Crippen molar-refractivity contribution in [2.75, 3.05) is 0 Å². The molecule has 2 N–H and O–H groups in total. The van der Waals surface area contributed by atoms with Crippen LogP contribution in [0, 0.1) is 0 Å². The molecule has 0 aliphatic heterocycles. The molecule has 2 heterocycles. The van der Waals surface area contributed by atoms with Gasteiger partial charge in [0, 0.05) is 17.3 Å². The van der Waals surface area contributed by atoms with Gasteiger partial charge < -0.3 is 15.1 Å². The van der Waals surface area contributed by atoms with Crippen molar-refractivity contribution < 1.29 is 14.0 Å². The molecule has 0 aromatic carbocycles. The van der Waals surface area contributed by atoms with Crippen LogP contribution in [-0.2, 0) is 22.6 Å². The number of furan rings is 1. The van der Waals surface area contributed by atoms with Crippen LogP contribution in [-0.4, -0.2) is 17.9 Å². The smallest absolute Gasteiger partial charge is 0.309 e. The molecule has 2 aromatic heterocycles. The molecule has 1 unspecified atom stereocenters. The molecule has 1 atom stereocenters. The molecule has 0 spiro atoms. The van der Waals surface area contributed by atoms with E-state index in [0.717, 1.165) is 10.6 Å². The Morgan fingerprint density at radius 2 is 2.15 bits per heavy atom. The molecule has 20 heavy (non-hydrogen) atoms. The Labute approximate surface area is 121 Å². The van der Waals surface area contributed by atoms with Crippen molar-refractivity contribution in [1.82, 2.24) is 10.6 Å². The molecular weight excluding hydrogens is 276 g/mol. The highest BCUT2D eigenvalue weighted by Crippen LogP contribution is 2.07. The van der Waals surface area contributed by atoms with Gasteiger partial charge in [0.2, 0.25) is 0 Å². The summed E-state index contributed by atoms with van der Waals surface area (Å²) in [6.07, 6.45) is 2.13. The third-order valence-electron chi connectivity index (χ3n) is 2.67. The number of nitrogens with one attached hydrogen (secondary N) is 2. The summed E-state index contributed by atoms with van der Waals surface area (Å²) in [6.45, 7) is 2.20. The lowest BCUT2D eigenvalue weighted by Gasteiger charge is -2.12. The molecule has 0 aliphatic rings. The predicted molar refractivity (Wildman–Crippen MR) is 76.2 cm³/mol. The zero-order chi connectivity index (χ0) is 14.4. The third kappa shape index (κ3) is 4.24. The van der Waals surface area contributed by atoms with Crippen molar-refractivity contribution in [2.24, 2.45) is 0 Å². The van der Waals surface area contributed by atoms with Crippen LogP contribution in [0.1, 0.15) is 17.6 Å². The Morgan fingerprint density at radius 3 is 2.80 bits per heavy atom. The SMILES string of the molecule is CC(Cc1ccco1)NC(=O)C(=O)NCc1cccs1. The zero-order valence-electron chi connectivity index (χ0n) is 11.1. The fraction of sp³-hybridized carbons (Fsp3) is 0.286. The van der Waals surface area contributed by atoms with E-state index < -0.39 is 11.8 Å². The van der Waals surface area contributed by atoms with E-state index in [-0.39, 0.29) is 6.04 Å². The Bertz CT molecular complexity index is 549. The van der Waals surface area contributed by atoms with Gasteiger partial charge in [-0.2, -0.15) is 0 Å². The standard InChI is InChI=1S/C14H16N2O3S/c1-10(8-11-4-2-6-19-11)16-14(18)13(17)15-9-12-5-3-7-20-12/h2-7,10H,8-9H2,1H3,(H,15,17)(H,16,18). The second-order valence-electron chi connectivity index (χ2n) is 4.42. The number of hydrogen-bond donors (Lipinski definition) is 2. The van der Waals surface area contributed by atoms with Crippen molar-refractivity contribution in [3.63, 3.8) is 0 Å². The first-order valence-electron chi connectivity index (χ1n) is 6.28. The number of carbonyl (C=O) groups excluding carboxylic acids is 2. The highest BCUT2D eigenvalue weighted by atomic mass is 32.1. The Kier molecular flexibility index (Phi) is 4.95. The molecule has 0 saturated carbocycles. The van der Waals surface area contributed by atoms with Crippen LogP contribution in [0.15, 0.2) is 40.3 Å². The van der Waals surface area contributed by atoms with Gasteiger partial charge in [-0.25, -0.2) is 0 Å². The van der Waals surface area contributed by atoms with E-state index in [1.165, 1.54) is 11.3 Å². The van der Waals surface area contributed by atoms with Crippen molar-refractivity contribution in [3.8, 4) is 0 Å². The van der Waals surface area contributed by atoms with Gasteiger partial charge in [0.05, 0.1) is 12.8 Å². The molecule has 0 fully saturated rings. The maximum Gasteiger partial charge on any atom is 0.309 e. The normalized spacial score (nSPS) is 11.8. The van der Waals surface area contributed by atoms with Gasteiger partial charge in [-0.15, -0.1) is 11.3 Å². The summed E-state index contributed by atoms with van der Waals surface area (Å²) in [5, 5.41) is 7.15. The Morgan fingerprint density at radius 1 is 1.30 bits per heavy atom. The molecule has 2 aromatic rings. The fourth-order valence-electron chi connectivity index (χ4n) is 1.73. The first kappa shape index (κ1) is 14.3. The summed E-state index contributed by atoms with van der Waals surface area (Å²) in [5.41, 5.74) is 0. The van der Waals surface area contributed by atoms with Gasteiger partial charge in [-0.05, 0) is 30.5 Å². The van der Waals surface area contributed by atoms with E-state index in [2.05, 4.69) is 10.6 Å². The monoisotopic (exact) mass is 292 g/mol. The van der Waals surface area contributed by atoms with Crippen molar-refractivity contribution in [3.05, 3.63) is 46.5 Å². The summed E-state index contributed by atoms with van der Waals surface area (Å²) in [5.74, 6) is -0.470. The van der Waals surface area contributed by atoms with E-state index in [4.69, 9.17) is 4.42 Å². The van der Waals surface area contributed by atoms with Crippen LogP contribution in [0.4, 0.5) is 0 Å². The summed E-state index contributed by atoms with van der Waals surface area (Å²) in [7, 11) is 0. The summed E-state index contributed by atoms with van der Waals surface area (Å²) < 4.78 is 5.19. The minimum Gasteiger partial charge on any atom is -0.469 e. The number of carbonyl (C=O) groups is 2. The maximum atomic E-state index is 11.7. The minimum absolute atomic E-state index is 0.166. The molecule has 106 valence electrons. The van der Waals surface area contributed by atoms with Gasteiger partial charge in [-0.3, -0.25) is 9.59 Å². The molecule has 0 saturated heterocycles. The zero-order valence-corrected chi connectivity index (χ0v) is 11.9. The van der Waals surface area contributed by atoms with Crippen LogP contribution >= 0.6 is 11.3 Å². The van der Waals surface area contributed by atoms with E-state index in [0.29, 0.717) is 13.0 Å². The highest BCUT2D eigenvalue weighted by molar-refractivity contribution is 7.09. The second-order valence-corrected chi connectivity index (χ2v) is 5.45. The number of thiophene rings is 1. The quantitative estimate of drug-likeness (QED) is 0.824. The third-order valence-corrected chi connectivity index (χ3v) is 3.55. The molecule has 0 bridgehead atoms. The predicted octanol–water partition coefficient (Wildman–Crippen LogP) is 1.70. The molecular formula is C14H16N2O3S. The van der Waals surface area contributed by atoms with Crippen LogP contribution in [0.2, 0.25) is 0 Å². The van der Waals surface area contributed by atoms with E-state index >= 15 is 0 Å². The van der Waals surface area contributed by atoms with Gasteiger partial charge in [0.1, 0.15) is 5.76 Å². The fourth-order valence-corrected chi connectivity index (χ4v) is 2.38. The minimum atomic E-state index is -0.624.